The van der Waals surface area contributed by atoms with Crippen molar-refractivity contribution in [2.24, 2.45) is 5.92 Å². The van der Waals surface area contributed by atoms with E-state index in [1.165, 1.54) is 5.56 Å². The van der Waals surface area contributed by atoms with E-state index in [1.807, 2.05) is 36.1 Å². The van der Waals surface area contributed by atoms with Gasteiger partial charge in [-0.15, -0.1) is 0 Å². The largest absolute Gasteiger partial charge is 0.343 e. The fourth-order valence-electron chi connectivity index (χ4n) is 2.91. The SMILES string of the molecule is CC(=O)N(CCC(=O)N1CCC(C)CC1)Cc1ccc(C)cc1. The van der Waals surface area contributed by atoms with Crippen LogP contribution in [0.15, 0.2) is 24.3 Å². The first-order valence-electron chi connectivity index (χ1n) is 8.54. The summed E-state index contributed by atoms with van der Waals surface area (Å²) < 4.78 is 0. The molecule has 1 heterocycles. The van der Waals surface area contributed by atoms with Crippen LogP contribution >= 0.6 is 0 Å². The molecular formula is C19H28N2O2. The number of benzene rings is 1. The number of carbonyl (C=O) groups is 2. The van der Waals surface area contributed by atoms with Crippen LogP contribution in [0.2, 0.25) is 0 Å². The van der Waals surface area contributed by atoms with Gasteiger partial charge in [-0.1, -0.05) is 36.8 Å². The minimum Gasteiger partial charge on any atom is -0.343 e. The average molecular weight is 316 g/mol. The molecule has 0 atom stereocenters. The van der Waals surface area contributed by atoms with E-state index in [9.17, 15) is 9.59 Å². The van der Waals surface area contributed by atoms with Gasteiger partial charge in [0.2, 0.25) is 11.8 Å². The van der Waals surface area contributed by atoms with Gasteiger partial charge >= 0.3 is 0 Å². The van der Waals surface area contributed by atoms with Crippen molar-refractivity contribution in [2.75, 3.05) is 19.6 Å². The van der Waals surface area contributed by atoms with Gasteiger partial charge in [0.05, 0.1) is 0 Å². The molecule has 0 saturated carbocycles. The second kappa shape index (κ2) is 8.14. The molecule has 2 amide bonds. The second-order valence-electron chi connectivity index (χ2n) is 6.74. The third-order valence-corrected chi connectivity index (χ3v) is 4.67. The number of carbonyl (C=O) groups excluding carboxylic acids is 2. The highest BCUT2D eigenvalue weighted by Crippen LogP contribution is 2.17. The number of hydrogen-bond acceptors (Lipinski definition) is 2. The lowest BCUT2D eigenvalue weighted by molar-refractivity contribution is -0.134. The van der Waals surface area contributed by atoms with Crippen molar-refractivity contribution in [3.8, 4) is 0 Å². The lowest BCUT2D eigenvalue weighted by atomic mass is 9.99. The van der Waals surface area contributed by atoms with Crippen LogP contribution in [0.5, 0.6) is 0 Å². The van der Waals surface area contributed by atoms with Gasteiger partial charge in [-0.05, 0) is 31.2 Å². The minimum atomic E-state index is 0.0191. The molecule has 1 aliphatic rings. The summed E-state index contributed by atoms with van der Waals surface area (Å²) in [6, 6.07) is 8.18. The van der Waals surface area contributed by atoms with Crippen molar-refractivity contribution in [2.45, 2.75) is 46.6 Å². The molecular weight excluding hydrogens is 288 g/mol. The highest BCUT2D eigenvalue weighted by Gasteiger charge is 2.21. The quantitative estimate of drug-likeness (QED) is 0.838. The zero-order valence-electron chi connectivity index (χ0n) is 14.5. The number of aryl methyl sites for hydroxylation is 1. The highest BCUT2D eigenvalue weighted by molar-refractivity contribution is 5.78. The van der Waals surface area contributed by atoms with Gasteiger partial charge in [-0.3, -0.25) is 9.59 Å². The minimum absolute atomic E-state index is 0.0191. The Hall–Kier alpha value is -1.84. The van der Waals surface area contributed by atoms with Gasteiger partial charge in [0.15, 0.2) is 0 Å². The summed E-state index contributed by atoms with van der Waals surface area (Å²) in [6.07, 6.45) is 2.59. The normalized spacial score (nSPS) is 15.5. The molecule has 0 spiro atoms. The van der Waals surface area contributed by atoms with E-state index in [1.54, 1.807) is 11.8 Å². The van der Waals surface area contributed by atoms with Crippen LogP contribution in [-0.2, 0) is 16.1 Å². The maximum atomic E-state index is 12.3. The fourth-order valence-corrected chi connectivity index (χ4v) is 2.91. The molecule has 1 aromatic carbocycles. The summed E-state index contributed by atoms with van der Waals surface area (Å²) in [7, 11) is 0. The Kier molecular flexibility index (Phi) is 6.20. The first-order chi connectivity index (χ1) is 11.0. The molecule has 1 saturated heterocycles. The van der Waals surface area contributed by atoms with E-state index in [2.05, 4.69) is 6.92 Å². The number of hydrogen-bond donors (Lipinski definition) is 0. The van der Waals surface area contributed by atoms with Gasteiger partial charge in [0, 0.05) is 39.5 Å². The molecule has 0 bridgehead atoms. The molecule has 0 aromatic heterocycles. The van der Waals surface area contributed by atoms with E-state index in [4.69, 9.17) is 0 Å². The van der Waals surface area contributed by atoms with Gasteiger partial charge < -0.3 is 9.80 Å². The summed E-state index contributed by atoms with van der Waals surface area (Å²) in [4.78, 5) is 27.9. The molecule has 1 aromatic rings. The number of amides is 2. The van der Waals surface area contributed by atoms with Crippen LogP contribution in [0.4, 0.5) is 0 Å². The molecule has 0 radical (unpaired) electrons. The Morgan fingerprint density at radius 2 is 1.78 bits per heavy atom. The van der Waals surface area contributed by atoms with Crippen molar-refractivity contribution >= 4 is 11.8 Å². The second-order valence-corrected chi connectivity index (χ2v) is 6.74. The Bertz CT molecular complexity index is 531. The standard InChI is InChI=1S/C19H28N2O2/c1-15-4-6-18(7-5-15)14-21(17(3)22)13-10-19(23)20-11-8-16(2)9-12-20/h4-7,16H,8-14H2,1-3H3. The van der Waals surface area contributed by atoms with Crippen LogP contribution in [0, 0.1) is 12.8 Å². The smallest absolute Gasteiger partial charge is 0.224 e. The summed E-state index contributed by atoms with van der Waals surface area (Å²) in [5, 5.41) is 0. The van der Waals surface area contributed by atoms with E-state index in [0.29, 0.717) is 25.4 Å². The molecule has 0 aliphatic carbocycles. The molecule has 2 rings (SSSR count). The van der Waals surface area contributed by atoms with E-state index in [-0.39, 0.29) is 11.8 Å². The summed E-state index contributed by atoms with van der Waals surface area (Å²) in [5.41, 5.74) is 2.31. The molecule has 4 heteroatoms. The Labute approximate surface area is 139 Å². The molecule has 1 fully saturated rings. The summed E-state index contributed by atoms with van der Waals surface area (Å²) >= 11 is 0. The molecule has 126 valence electrons. The topological polar surface area (TPSA) is 40.6 Å². The van der Waals surface area contributed by atoms with Crippen LogP contribution in [-0.4, -0.2) is 41.2 Å². The maximum absolute atomic E-state index is 12.3. The van der Waals surface area contributed by atoms with Crippen molar-refractivity contribution in [1.29, 1.82) is 0 Å². The van der Waals surface area contributed by atoms with Gasteiger partial charge in [0.1, 0.15) is 0 Å². The van der Waals surface area contributed by atoms with Crippen molar-refractivity contribution in [3.05, 3.63) is 35.4 Å². The predicted octanol–water partition coefficient (Wildman–Crippen LogP) is 2.99. The molecule has 1 aliphatic heterocycles. The zero-order chi connectivity index (χ0) is 16.8. The summed E-state index contributed by atoms with van der Waals surface area (Å²) in [6.45, 7) is 8.64. The van der Waals surface area contributed by atoms with Crippen LogP contribution in [0.1, 0.15) is 44.2 Å². The van der Waals surface area contributed by atoms with Crippen molar-refractivity contribution in [3.63, 3.8) is 0 Å². The number of likely N-dealkylation sites (tertiary alicyclic amines) is 1. The van der Waals surface area contributed by atoms with Crippen molar-refractivity contribution < 1.29 is 9.59 Å². The zero-order valence-corrected chi connectivity index (χ0v) is 14.5. The van der Waals surface area contributed by atoms with Gasteiger partial charge in [-0.2, -0.15) is 0 Å². The molecule has 0 N–H and O–H groups in total. The Morgan fingerprint density at radius 3 is 2.35 bits per heavy atom. The van der Waals surface area contributed by atoms with Crippen LogP contribution in [0.3, 0.4) is 0 Å². The fraction of sp³-hybridized carbons (Fsp3) is 0.579. The molecule has 0 unspecified atom stereocenters. The third kappa shape index (κ3) is 5.38. The number of nitrogens with zero attached hydrogens (tertiary/aromatic N) is 2. The lowest BCUT2D eigenvalue weighted by Gasteiger charge is -2.31. The van der Waals surface area contributed by atoms with Crippen LogP contribution < -0.4 is 0 Å². The molecule has 4 nitrogen and oxygen atoms in total. The predicted molar refractivity (Wildman–Crippen MR) is 91.9 cm³/mol. The first-order valence-corrected chi connectivity index (χ1v) is 8.54. The summed E-state index contributed by atoms with van der Waals surface area (Å²) in [5.74, 6) is 0.909. The van der Waals surface area contributed by atoms with Crippen molar-refractivity contribution in [1.82, 2.24) is 9.80 Å². The third-order valence-electron chi connectivity index (χ3n) is 4.67. The van der Waals surface area contributed by atoms with Gasteiger partial charge in [-0.25, -0.2) is 0 Å². The monoisotopic (exact) mass is 316 g/mol. The Balaban J connectivity index is 1.85. The van der Waals surface area contributed by atoms with E-state index < -0.39 is 0 Å². The first kappa shape index (κ1) is 17.5. The average Bonchev–Trinajstić information content (AvgIpc) is 2.53. The van der Waals surface area contributed by atoms with E-state index >= 15 is 0 Å². The van der Waals surface area contributed by atoms with Gasteiger partial charge in [0.25, 0.3) is 0 Å². The Morgan fingerprint density at radius 1 is 1.17 bits per heavy atom. The highest BCUT2D eigenvalue weighted by atomic mass is 16.2. The maximum Gasteiger partial charge on any atom is 0.224 e. The number of piperidine rings is 1. The van der Waals surface area contributed by atoms with E-state index in [0.717, 1.165) is 31.5 Å². The number of rotatable bonds is 5. The van der Waals surface area contributed by atoms with Crippen LogP contribution in [0.25, 0.3) is 0 Å². The molecule has 23 heavy (non-hydrogen) atoms. The lowest BCUT2D eigenvalue weighted by Crippen LogP contribution is -2.40.